The van der Waals surface area contributed by atoms with Crippen molar-refractivity contribution in [3.8, 4) is 5.75 Å². The van der Waals surface area contributed by atoms with Crippen molar-refractivity contribution < 1.29 is 17.9 Å². The van der Waals surface area contributed by atoms with Gasteiger partial charge < -0.3 is 9.72 Å². The van der Waals surface area contributed by atoms with Crippen LogP contribution in [0.1, 0.15) is 5.56 Å². The van der Waals surface area contributed by atoms with E-state index in [1.807, 2.05) is 0 Å². The van der Waals surface area contributed by atoms with Gasteiger partial charge in [0.05, 0.1) is 15.8 Å². The van der Waals surface area contributed by atoms with Crippen LogP contribution in [0.4, 0.5) is 0 Å². The second-order valence-corrected chi connectivity index (χ2v) is 7.92. The van der Waals surface area contributed by atoms with E-state index in [2.05, 4.69) is 11.6 Å². The third-order valence-electron chi connectivity index (χ3n) is 3.93. The van der Waals surface area contributed by atoms with Crippen molar-refractivity contribution in [1.29, 1.82) is 0 Å². The van der Waals surface area contributed by atoms with Gasteiger partial charge in [0.25, 0.3) is 15.6 Å². The first-order chi connectivity index (χ1) is 13.8. The lowest BCUT2D eigenvalue weighted by Crippen LogP contribution is -2.40. The molecule has 0 fully saturated rings. The number of benzene rings is 2. The smallest absolute Gasteiger partial charge is 0.343 e. The van der Waals surface area contributed by atoms with Gasteiger partial charge in [-0.05, 0) is 30.3 Å². The first-order valence-corrected chi connectivity index (χ1v) is 9.91. The van der Waals surface area contributed by atoms with Crippen molar-refractivity contribution in [3.63, 3.8) is 0 Å². The fourth-order valence-electron chi connectivity index (χ4n) is 2.72. The summed E-state index contributed by atoms with van der Waals surface area (Å²) >= 11 is 5.85. The van der Waals surface area contributed by atoms with E-state index in [4.69, 9.17) is 16.3 Å². The van der Waals surface area contributed by atoms with E-state index < -0.39 is 26.2 Å². The van der Waals surface area contributed by atoms with E-state index in [0.29, 0.717) is 0 Å². The quantitative estimate of drug-likeness (QED) is 0.470. The number of ether oxygens (including phenoxy) is 1. The van der Waals surface area contributed by atoms with Crippen LogP contribution in [0.5, 0.6) is 5.75 Å². The maximum atomic E-state index is 13.2. The minimum Gasteiger partial charge on any atom is -0.489 e. The molecular formula is C19H13ClN2O6S. The number of hydrogen-bond donors (Lipinski definition) is 1. The number of rotatable bonds is 6. The van der Waals surface area contributed by atoms with Crippen LogP contribution in [0.3, 0.4) is 0 Å². The molecular weight excluding hydrogens is 420 g/mol. The third-order valence-corrected chi connectivity index (χ3v) is 5.89. The second-order valence-electron chi connectivity index (χ2n) is 5.72. The molecule has 0 bridgehead atoms. The molecule has 0 saturated carbocycles. The van der Waals surface area contributed by atoms with E-state index in [1.165, 1.54) is 42.3 Å². The molecule has 3 aromatic rings. The van der Waals surface area contributed by atoms with E-state index in [1.54, 1.807) is 0 Å². The van der Waals surface area contributed by atoms with Gasteiger partial charge in [0.2, 0.25) is 0 Å². The summed E-state index contributed by atoms with van der Waals surface area (Å²) in [7, 11) is -4.69. The highest BCUT2D eigenvalue weighted by molar-refractivity contribution is 7.90. The normalized spacial score (nSPS) is 11.1. The summed E-state index contributed by atoms with van der Waals surface area (Å²) < 4.78 is 31.9. The van der Waals surface area contributed by atoms with E-state index in [-0.39, 0.29) is 37.8 Å². The SMILES string of the molecule is C=CCOc1cccc(S(=O)(=O)n2c(=O)[nH]c3cc(Cl)ccc3c2=O)c1C=C=O. The van der Waals surface area contributed by atoms with Crippen LogP contribution >= 0.6 is 11.6 Å². The Hall–Kier alpha value is -3.39. The Kier molecular flexibility index (Phi) is 5.56. The standard InChI is InChI=1S/C19H13ClN2O6S/c1-2-10-28-16-4-3-5-17(14(16)8-9-23)29(26,27)22-18(24)13-7-6-12(20)11-15(13)21-19(22)25/h2-8,11H,1,10H2,(H,21,25). The first kappa shape index (κ1) is 20.3. The zero-order valence-electron chi connectivity index (χ0n) is 14.7. The summed E-state index contributed by atoms with van der Waals surface area (Å²) in [4.78, 5) is 38.1. The molecule has 0 amide bonds. The number of hydrogen-bond acceptors (Lipinski definition) is 6. The number of aromatic nitrogens is 2. The van der Waals surface area contributed by atoms with Crippen molar-refractivity contribution in [2.24, 2.45) is 0 Å². The molecule has 0 saturated heterocycles. The molecule has 0 radical (unpaired) electrons. The maximum Gasteiger partial charge on any atom is 0.343 e. The molecule has 1 aromatic heterocycles. The molecule has 148 valence electrons. The summed E-state index contributed by atoms with van der Waals surface area (Å²) in [6, 6.07) is 7.97. The minimum atomic E-state index is -4.69. The summed E-state index contributed by atoms with van der Waals surface area (Å²) in [6.07, 6.45) is 2.28. The molecule has 0 aliphatic carbocycles. The molecule has 0 aliphatic rings. The second kappa shape index (κ2) is 7.92. The van der Waals surface area contributed by atoms with Gasteiger partial charge in [-0.15, -0.1) is 3.97 Å². The van der Waals surface area contributed by atoms with Gasteiger partial charge in [0.1, 0.15) is 18.3 Å². The van der Waals surface area contributed by atoms with E-state index in [9.17, 15) is 22.8 Å². The summed E-state index contributed by atoms with van der Waals surface area (Å²) in [5.41, 5.74) is -2.29. The molecule has 1 heterocycles. The highest BCUT2D eigenvalue weighted by Gasteiger charge is 2.27. The number of halogens is 1. The Morgan fingerprint density at radius 3 is 2.69 bits per heavy atom. The first-order valence-electron chi connectivity index (χ1n) is 8.09. The van der Waals surface area contributed by atoms with Crippen molar-refractivity contribution in [2.45, 2.75) is 4.90 Å². The molecule has 29 heavy (non-hydrogen) atoms. The summed E-state index contributed by atoms with van der Waals surface area (Å²) in [5.74, 6) is 1.54. The lowest BCUT2D eigenvalue weighted by molar-refractivity contribution is 0.361. The van der Waals surface area contributed by atoms with Crippen LogP contribution in [-0.2, 0) is 14.8 Å². The molecule has 8 nitrogen and oxygen atoms in total. The van der Waals surface area contributed by atoms with Crippen LogP contribution in [-0.4, -0.2) is 29.9 Å². The van der Waals surface area contributed by atoms with Gasteiger partial charge in [0, 0.05) is 16.7 Å². The number of nitrogens with zero attached hydrogens (tertiary/aromatic N) is 1. The molecule has 3 rings (SSSR count). The molecule has 1 N–H and O–H groups in total. The van der Waals surface area contributed by atoms with Crippen LogP contribution in [0.15, 0.2) is 63.5 Å². The number of carbonyl (C=O) groups excluding carboxylic acids is 1. The monoisotopic (exact) mass is 432 g/mol. The minimum absolute atomic E-state index is 0.0421. The lowest BCUT2D eigenvalue weighted by atomic mass is 10.2. The summed E-state index contributed by atoms with van der Waals surface area (Å²) in [5, 5.41) is 0.211. The number of fused-ring (bicyclic) bond motifs is 1. The Balaban J connectivity index is 2.35. The number of H-pyrrole nitrogens is 1. The van der Waals surface area contributed by atoms with Crippen LogP contribution in [0.25, 0.3) is 17.0 Å². The number of nitrogens with one attached hydrogen (secondary N) is 1. The largest absolute Gasteiger partial charge is 0.489 e. The third kappa shape index (κ3) is 3.66. The summed E-state index contributed by atoms with van der Waals surface area (Å²) in [6.45, 7) is 3.54. The predicted molar refractivity (Wildman–Crippen MR) is 109 cm³/mol. The zero-order chi connectivity index (χ0) is 21.2. The fraction of sp³-hybridized carbons (Fsp3) is 0.0526. The van der Waals surface area contributed by atoms with Gasteiger partial charge in [-0.25, -0.2) is 18.0 Å². The van der Waals surface area contributed by atoms with Crippen molar-refractivity contribution in [2.75, 3.05) is 6.61 Å². The molecule has 0 atom stereocenters. The van der Waals surface area contributed by atoms with Gasteiger partial charge >= 0.3 is 5.69 Å². The molecule has 2 aromatic carbocycles. The molecule has 10 heteroatoms. The van der Waals surface area contributed by atoms with Crippen molar-refractivity contribution in [1.82, 2.24) is 8.96 Å². The van der Waals surface area contributed by atoms with Gasteiger partial charge in [-0.3, -0.25) is 4.79 Å². The Morgan fingerprint density at radius 1 is 1.24 bits per heavy atom. The highest BCUT2D eigenvalue weighted by Crippen LogP contribution is 2.28. The van der Waals surface area contributed by atoms with Crippen LogP contribution < -0.4 is 16.0 Å². The van der Waals surface area contributed by atoms with Crippen molar-refractivity contribution >= 4 is 44.5 Å². The van der Waals surface area contributed by atoms with Crippen molar-refractivity contribution in [3.05, 3.63) is 80.5 Å². The van der Waals surface area contributed by atoms with E-state index in [0.717, 1.165) is 12.1 Å². The lowest BCUT2D eigenvalue weighted by Gasteiger charge is -2.13. The molecule has 0 unspecified atom stereocenters. The fourth-order valence-corrected chi connectivity index (χ4v) is 4.35. The Bertz CT molecular complexity index is 1400. The van der Waals surface area contributed by atoms with Gasteiger partial charge in [-0.1, -0.05) is 30.3 Å². The van der Waals surface area contributed by atoms with Gasteiger partial charge in [-0.2, -0.15) is 0 Å². The Labute approximate surface area is 169 Å². The van der Waals surface area contributed by atoms with E-state index >= 15 is 0 Å². The topological polar surface area (TPSA) is 115 Å². The predicted octanol–water partition coefficient (Wildman–Crippen LogP) is 1.99. The van der Waals surface area contributed by atoms with Crippen LogP contribution in [0.2, 0.25) is 5.02 Å². The average Bonchev–Trinajstić information content (AvgIpc) is 2.66. The zero-order valence-corrected chi connectivity index (χ0v) is 16.3. The van der Waals surface area contributed by atoms with Crippen LogP contribution in [0, 0.1) is 0 Å². The molecule has 0 aliphatic heterocycles. The van der Waals surface area contributed by atoms with Gasteiger partial charge in [0.15, 0.2) is 0 Å². The highest BCUT2D eigenvalue weighted by atomic mass is 35.5. The maximum absolute atomic E-state index is 13.2. The number of aromatic amines is 1. The Morgan fingerprint density at radius 2 is 2.00 bits per heavy atom. The average molecular weight is 433 g/mol. The molecule has 0 spiro atoms.